The second-order valence-electron chi connectivity index (χ2n) is 4.68. The van der Waals surface area contributed by atoms with E-state index in [9.17, 15) is 4.79 Å². The number of rotatable bonds is 3. The molecule has 0 saturated heterocycles. The lowest BCUT2D eigenvalue weighted by Gasteiger charge is -2.23. The average Bonchev–Trinajstić information content (AvgIpc) is 2.44. The molecule has 4 heteroatoms. The third kappa shape index (κ3) is 3.85. The Hall–Kier alpha value is -2.30. The van der Waals surface area contributed by atoms with Gasteiger partial charge in [-0.25, -0.2) is 0 Å². The molecule has 2 N–H and O–H groups in total. The Morgan fingerprint density at radius 1 is 1.50 bits per heavy atom. The summed E-state index contributed by atoms with van der Waals surface area (Å²) in [5, 5.41) is 8.73. The fourth-order valence-corrected chi connectivity index (χ4v) is 1.75. The molecule has 4 nitrogen and oxygen atoms in total. The summed E-state index contributed by atoms with van der Waals surface area (Å²) in [6, 6.07) is 7.50. The smallest absolute Gasteiger partial charge is 0.255 e. The van der Waals surface area contributed by atoms with Crippen LogP contribution in [0, 0.1) is 30.1 Å². The molecule has 1 aromatic carbocycles. The van der Waals surface area contributed by atoms with Gasteiger partial charge in [-0.2, -0.15) is 5.26 Å². The summed E-state index contributed by atoms with van der Waals surface area (Å²) in [6.45, 7) is 4.03. The van der Waals surface area contributed by atoms with Crippen LogP contribution in [0.4, 0.5) is 0 Å². The van der Waals surface area contributed by atoms with Crippen LogP contribution in [0.2, 0.25) is 0 Å². The van der Waals surface area contributed by atoms with Crippen molar-refractivity contribution in [1.29, 1.82) is 5.26 Å². The van der Waals surface area contributed by atoms with Gasteiger partial charge in [0, 0.05) is 18.7 Å². The molecule has 1 unspecified atom stereocenters. The van der Waals surface area contributed by atoms with Gasteiger partial charge in [0.1, 0.15) is 0 Å². The first-order valence-electron chi connectivity index (χ1n) is 6.45. The predicted molar refractivity (Wildman–Crippen MR) is 78.9 cm³/mol. The standard InChI is InChI=1S/C16H19N3O/c1-12-6-7-14(5-4-9-17)15(11-12)16(20)19(3)13(2)8-10-18/h6-7,11,13H,8-9,17H2,1-3H3. The number of hydrogen-bond acceptors (Lipinski definition) is 3. The monoisotopic (exact) mass is 269 g/mol. The number of benzene rings is 1. The Balaban J connectivity index is 3.14. The molecular weight excluding hydrogens is 250 g/mol. The molecule has 1 atom stereocenters. The minimum absolute atomic E-state index is 0.127. The van der Waals surface area contributed by atoms with Gasteiger partial charge in [0.15, 0.2) is 0 Å². The number of amides is 1. The van der Waals surface area contributed by atoms with E-state index in [-0.39, 0.29) is 18.5 Å². The molecule has 0 spiro atoms. The van der Waals surface area contributed by atoms with Crippen molar-refractivity contribution in [3.05, 3.63) is 34.9 Å². The largest absolute Gasteiger partial charge is 0.338 e. The van der Waals surface area contributed by atoms with Gasteiger partial charge >= 0.3 is 0 Å². The fourth-order valence-electron chi connectivity index (χ4n) is 1.75. The molecule has 1 rings (SSSR count). The Morgan fingerprint density at radius 2 is 2.20 bits per heavy atom. The summed E-state index contributed by atoms with van der Waals surface area (Å²) in [6.07, 6.45) is 0.303. The van der Waals surface area contributed by atoms with Crippen LogP contribution < -0.4 is 5.73 Å². The molecule has 0 aromatic heterocycles. The first-order chi connectivity index (χ1) is 9.51. The van der Waals surface area contributed by atoms with Crippen LogP contribution >= 0.6 is 0 Å². The molecule has 20 heavy (non-hydrogen) atoms. The molecule has 0 heterocycles. The van der Waals surface area contributed by atoms with Crippen molar-refractivity contribution < 1.29 is 4.79 Å². The van der Waals surface area contributed by atoms with Gasteiger partial charge in [-0.3, -0.25) is 4.79 Å². The Bertz CT molecular complexity index is 590. The van der Waals surface area contributed by atoms with E-state index < -0.39 is 0 Å². The first kappa shape index (κ1) is 15.8. The highest BCUT2D eigenvalue weighted by molar-refractivity contribution is 5.97. The van der Waals surface area contributed by atoms with Crippen LogP contribution in [0.5, 0.6) is 0 Å². The second-order valence-corrected chi connectivity index (χ2v) is 4.68. The van der Waals surface area contributed by atoms with Crippen molar-refractivity contribution in [3.8, 4) is 17.9 Å². The van der Waals surface area contributed by atoms with Gasteiger partial charge in [-0.05, 0) is 26.0 Å². The molecule has 0 fully saturated rings. The maximum atomic E-state index is 12.5. The topological polar surface area (TPSA) is 70.1 Å². The van der Waals surface area contributed by atoms with Crippen molar-refractivity contribution in [2.75, 3.05) is 13.6 Å². The number of nitriles is 1. The van der Waals surface area contributed by atoms with Gasteiger partial charge in [0.05, 0.1) is 24.6 Å². The first-order valence-corrected chi connectivity index (χ1v) is 6.45. The maximum Gasteiger partial charge on any atom is 0.255 e. The maximum absolute atomic E-state index is 12.5. The lowest BCUT2D eigenvalue weighted by molar-refractivity contribution is 0.0746. The molecule has 0 saturated carbocycles. The molecule has 0 bridgehead atoms. The van der Waals surface area contributed by atoms with E-state index in [1.165, 1.54) is 0 Å². The van der Waals surface area contributed by atoms with E-state index in [1.54, 1.807) is 11.9 Å². The van der Waals surface area contributed by atoms with Crippen LogP contribution in [0.25, 0.3) is 0 Å². The summed E-state index contributed by atoms with van der Waals surface area (Å²) >= 11 is 0. The Kier molecular flexibility index (Phi) is 5.77. The van der Waals surface area contributed by atoms with E-state index in [1.807, 2.05) is 32.0 Å². The van der Waals surface area contributed by atoms with Crippen LogP contribution in [-0.2, 0) is 0 Å². The molecule has 0 aliphatic heterocycles. The number of nitrogens with two attached hydrogens (primary N) is 1. The van der Waals surface area contributed by atoms with Crippen molar-refractivity contribution in [3.63, 3.8) is 0 Å². The van der Waals surface area contributed by atoms with Crippen molar-refractivity contribution >= 4 is 5.91 Å². The number of nitrogens with zero attached hydrogens (tertiary/aromatic N) is 2. The van der Waals surface area contributed by atoms with Crippen LogP contribution in [-0.4, -0.2) is 30.4 Å². The van der Waals surface area contributed by atoms with Gasteiger partial charge in [0.25, 0.3) is 5.91 Å². The zero-order chi connectivity index (χ0) is 15.1. The molecular formula is C16H19N3O. The second kappa shape index (κ2) is 7.33. The van der Waals surface area contributed by atoms with Crippen LogP contribution in [0.3, 0.4) is 0 Å². The van der Waals surface area contributed by atoms with Crippen molar-refractivity contribution in [1.82, 2.24) is 4.90 Å². The van der Waals surface area contributed by atoms with Crippen LogP contribution in [0.1, 0.15) is 34.8 Å². The summed E-state index contributed by atoms with van der Waals surface area (Å²) in [5.74, 6) is 5.56. The van der Waals surface area contributed by atoms with Crippen molar-refractivity contribution in [2.45, 2.75) is 26.3 Å². The highest BCUT2D eigenvalue weighted by Gasteiger charge is 2.19. The Morgan fingerprint density at radius 3 is 2.80 bits per heavy atom. The van der Waals surface area contributed by atoms with E-state index in [0.717, 1.165) is 5.56 Å². The summed E-state index contributed by atoms with van der Waals surface area (Å²) < 4.78 is 0. The minimum atomic E-state index is -0.136. The van der Waals surface area contributed by atoms with Gasteiger partial charge in [-0.1, -0.05) is 23.5 Å². The van der Waals surface area contributed by atoms with E-state index in [0.29, 0.717) is 17.5 Å². The van der Waals surface area contributed by atoms with Crippen LogP contribution in [0.15, 0.2) is 18.2 Å². The third-order valence-corrected chi connectivity index (χ3v) is 3.10. The number of carbonyl (C=O) groups excluding carboxylic acids is 1. The molecule has 1 aromatic rings. The zero-order valence-electron chi connectivity index (χ0n) is 12.1. The summed E-state index contributed by atoms with van der Waals surface area (Å²) in [4.78, 5) is 14.1. The minimum Gasteiger partial charge on any atom is -0.338 e. The van der Waals surface area contributed by atoms with E-state index in [4.69, 9.17) is 11.0 Å². The quantitative estimate of drug-likeness (QED) is 0.849. The summed E-state index contributed by atoms with van der Waals surface area (Å²) in [5.41, 5.74) is 7.59. The molecule has 0 aliphatic rings. The third-order valence-electron chi connectivity index (χ3n) is 3.10. The normalized spacial score (nSPS) is 10.9. The predicted octanol–water partition coefficient (Wildman–Crippen LogP) is 1.68. The van der Waals surface area contributed by atoms with Gasteiger partial charge < -0.3 is 10.6 Å². The van der Waals surface area contributed by atoms with E-state index in [2.05, 4.69) is 17.9 Å². The lowest BCUT2D eigenvalue weighted by Crippen LogP contribution is -2.35. The highest BCUT2D eigenvalue weighted by atomic mass is 16.2. The SMILES string of the molecule is Cc1ccc(C#CCN)c(C(=O)N(C)C(C)CC#N)c1. The van der Waals surface area contributed by atoms with Gasteiger partial charge in [0.2, 0.25) is 0 Å². The molecule has 104 valence electrons. The zero-order valence-corrected chi connectivity index (χ0v) is 12.1. The molecule has 1 amide bonds. The Labute approximate surface area is 120 Å². The van der Waals surface area contributed by atoms with Crippen molar-refractivity contribution in [2.24, 2.45) is 5.73 Å². The highest BCUT2D eigenvalue weighted by Crippen LogP contribution is 2.15. The van der Waals surface area contributed by atoms with E-state index >= 15 is 0 Å². The number of carbonyl (C=O) groups is 1. The lowest BCUT2D eigenvalue weighted by atomic mass is 10.0. The number of hydrogen-bond donors (Lipinski definition) is 1. The number of aryl methyl sites for hydroxylation is 1. The fraction of sp³-hybridized carbons (Fsp3) is 0.375. The molecule has 0 radical (unpaired) electrons. The molecule has 0 aliphatic carbocycles. The summed E-state index contributed by atoms with van der Waals surface area (Å²) in [7, 11) is 1.70. The van der Waals surface area contributed by atoms with Gasteiger partial charge in [-0.15, -0.1) is 0 Å². The average molecular weight is 269 g/mol.